The van der Waals surface area contributed by atoms with Crippen LogP contribution in [0.15, 0.2) is 59.5 Å². The van der Waals surface area contributed by atoms with Gasteiger partial charge in [-0.25, -0.2) is 8.42 Å². The fraction of sp³-hybridized carbons (Fsp3) is 0.316. The molecule has 1 amide bonds. The van der Waals surface area contributed by atoms with Gasteiger partial charge in [0.05, 0.1) is 4.90 Å². The lowest BCUT2D eigenvalue weighted by Crippen LogP contribution is -2.49. The number of nitrogens with zero attached hydrogens (tertiary/aromatic N) is 1. The Balaban J connectivity index is 1.75. The summed E-state index contributed by atoms with van der Waals surface area (Å²) < 4.78 is 55.8. The molecule has 6 nitrogen and oxygen atoms in total. The van der Waals surface area contributed by atoms with E-state index in [4.69, 9.17) is 0 Å². The third kappa shape index (κ3) is 4.66. The second-order valence-corrected chi connectivity index (χ2v) is 8.22. The first kappa shape index (κ1) is 20.2. The Morgan fingerprint density at radius 1 is 1.07 bits per heavy atom. The van der Waals surface area contributed by atoms with Crippen LogP contribution in [0.4, 0.5) is 14.5 Å². The molecule has 0 aromatic heterocycles. The number of carbonyl (C=O) groups excluding carboxylic acids is 1. The van der Waals surface area contributed by atoms with Crippen molar-refractivity contribution >= 4 is 21.6 Å². The minimum Gasteiger partial charge on any atom is -0.435 e. The first-order chi connectivity index (χ1) is 13.4. The van der Waals surface area contributed by atoms with Crippen LogP contribution in [0.5, 0.6) is 5.75 Å². The van der Waals surface area contributed by atoms with Gasteiger partial charge in [0.2, 0.25) is 15.9 Å². The summed E-state index contributed by atoms with van der Waals surface area (Å²) in [5.41, 5.74) is 0.370. The number of hydrogen-bond donors (Lipinski definition) is 1. The van der Waals surface area contributed by atoms with Crippen LogP contribution < -0.4 is 10.1 Å². The molecule has 0 spiro atoms. The minimum atomic E-state index is -3.80. The fourth-order valence-corrected chi connectivity index (χ4v) is 4.81. The van der Waals surface area contributed by atoms with Crippen molar-refractivity contribution in [3.63, 3.8) is 0 Å². The number of hydrogen-bond acceptors (Lipinski definition) is 4. The number of benzene rings is 2. The first-order valence-corrected chi connectivity index (χ1v) is 10.2. The van der Waals surface area contributed by atoms with Crippen LogP contribution in [0.3, 0.4) is 0 Å². The number of alkyl halides is 2. The Morgan fingerprint density at radius 2 is 1.75 bits per heavy atom. The topological polar surface area (TPSA) is 75.7 Å². The third-order valence-corrected chi connectivity index (χ3v) is 6.38. The zero-order chi connectivity index (χ0) is 20.1. The van der Waals surface area contributed by atoms with E-state index < -0.39 is 28.6 Å². The number of carbonyl (C=O) groups is 1. The highest BCUT2D eigenvalue weighted by Crippen LogP contribution is 2.26. The molecule has 3 rings (SSSR count). The summed E-state index contributed by atoms with van der Waals surface area (Å²) >= 11 is 0. The fourth-order valence-electron chi connectivity index (χ4n) is 3.13. The molecule has 0 aliphatic carbocycles. The molecular weight excluding hydrogens is 390 g/mol. The molecule has 1 aliphatic rings. The quantitative estimate of drug-likeness (QED) is 0.791. The number of ether oxygens (including phenoxy) is 1. The molecule has 1 heterocycles. The Hall–Kier alpha value is -2.52. The van der Waals surface area contributed by atoms with Gasteiger partial charge in [-0.15, -0.1) is 0 Å². The van der Waals surface area contributed by atoms with Crippen molar-refractivity contribution < 1.29 is 26.7 Å². The van der Waals surface area contributed by atoms with E-state index in [0.717, 1.165) is 6.42 Å². The van der Waals surface area contributed by atoms with Gasteiger partial charge in [0, 0.05) is 12.2 Å². The molecule has 1 unspecified atom stereocenters. The molecule has 1 aliphatic heterocycles. The van der Waals surface area contributed by atoms with Crippen LogP contribution in [0.25, 0.3) is 0 Å². The first-order valence-electron chi connectivity index (χ1n) is 8.80. The SMILES string of the molecule is O=C(Nc1ccc(OC(F)F)cc1)C1CCCCN1S(=O)(=O)c1ccccc1. The summed E-state index contributed by atoms with van der Waals surface area (Å²) in [4.78, 5) is 12.9. The summed E-state index contributed by atoms with van der Waals surface area (Å²) in [5.74, 6) is -0.485. The van der Waals surface area contributed by atoms with Crippen LogP contribution in [0, 0.1) is 0 Å². The van der Waals surface area contributed by atoms with Crippen molar-refractivity contribution in [3.05, 3.63) is 54.6 Å². The second-order valence-electron chi connectivity index (χ2n) is 6.33. The van der Waals surface area contributed by atoms with Gasteiger partial charge in [-0.3, -0.25) is 4.79 Å². The van der Waals surface area contributed by atoms with Crippen molar-refractivity contribution in [2.75, 3.05) is 11.9 Å². The monoisotopic (exact) mass is 410 g/mol. The van der Waals surface area contributed by atoms with Gasteiger partial charge in [-0.1, -0.05) is 24.6 Å². The van der Waals surface area contributed by atoms with E-state index >= 15 is 0 Å². The van der Waals surface area contributed by atoms with E-state index in [1.54, 1.807) is 18.2 Å². The molecule has 0 saturated carbocycles. The number of piperidine rings is 1. The van der Waals surface area contributed by atoms with E-state index in [0.29, 0.717) is 18.5 Å². The van der Waals surface area contributed by atoms with E-state index in [2.05, 4.69) is 10.1 Å². The van der Waals surface area contributed by atoms with Crippen LogP contribution >= 0.6 is 0 Å². The second kappa shape index (κ2) is 8.66. The number of rotatable bonds is 6. The largest absolute Gasteiger partial charge is 0.435 e. The standard InChI is InChI=1S/C19H20F2N2O4S/c20-19(21)27-15-11-9-14(10-12-15)22-18(24)17-8-4-5-13-23(17)28(25,26)16-6-2-1-3-7-16/h1-3,6-7,9-12,17,19H,4-5,8,13H2,(H,22,24). The molecule has 1 N–H and O–H groups in total. The van der Waals surface area contributed by atoms with Gasteiger partial charge in [-0.2, -0.15) is 13.1 Å². The highest BCUT2D eigenvalue weighted by Gasteiger charge is 2.37. The maximum atomic E-state index is 13.0. The van der Waals surface area contributed by atoms with Crippen LogP contribution in [-0.4, -0.2) is 37.8 Å². The molecule has 2 aromatic carbocycles. The summed E-state index contributed by atoms with van der Waals surface area (Å²) in [6.07, 6.45) is 1.82. The number of sulfonamides is 1. The summed E-state index contributed by atoms with van der Waals surface area (Å²) in [6, 6.07) is 12.6. The van der Waals surface area contributed by atoms with Crippen molar-refractivity contribution in [1.82, 2.24) is 4.31 Å². The van der Waals surface area contributed by atoms with Gasteiger partial charge < -0.3 is 10.1 Å². The third-order valence-electron chi connectivity index (χ3n) is 4.45. The lowest BCUT2D eigenvalue weighted by Gasteiger charge is -2.33. The van der Waals surface area contributed by atoms with Gasteiger partial charge >= 0.3 is 6.61 Å². The van der Waals surface area contributed by atoms with E-state index in [9.17, 15) is 22.0 Å². The zero-order valence-electron chi connectivity index (χ0n) is 14.9. The highest BCUT2D eigenvalue weighted by atomic mass is 32.2. The van der Waals surface area contributed by atoms with Gasteiger partial charge in [0.25, 0.3) is 0 Å². The number of amides is 1. The van der Waals surface area contributed by atoms with Crippen molar-refractivity contribution in [2.45, 2.75) is 36.8 Å². The normalized spacial score (nSPS) is 18.0. The maximum absolute atomic E-state index is 13.0. The molecule has 1 fully saturated rings. The molecule has 1 saturated heterocycles. The smallest absolute Gasteiger partial charge is 0.387 e. The Labute approximate surface area is 162 Å². The zero-order valence-corrected chi connectivity index (χ0v) is 15.7. The lowest BCUT2D eigenvalue weighted by molar-refractivity contribution is -0.120. The van der Waals surface area contributed by atoms with Crippen molar-refractivity contribution in [3.8, 4) is 5.75 Å². The molecule has 0 bridgehead atoms. The average Bonchev–Trinajstić information content (AvgIpc) is 2.70. The van der Waals surface area contributed by atoms with Crippen LogP contribution in [0.1, 0.15) is 19.3 Å². The van der Waals surface area contributed by atoms with Gasteiger partial charge in [0.1, 0.15) is 11.8 Å². The molecule has 150 valence electrons. The highest BCUT2D eigenvalue weighted by molar-refractivity contribution is 7.89. The molecule has 9 heteroatoms. The lowest BCUT2D eigenvalue weighted by atomic mass is 10.0. The number of anilines is 1. The van der Waals surface area contributed by atoms with Gasteiger partial charge in [0.15, 0.2) is 0 Å². The predicted octanol–water partition coefficient (Wildman–Crippen LogP) is 3.47. The molecule has 28 heavy (non-hydrogen) atoms. The predicted molar refractivity (Wildman–Crippen MR) is 99.7 cm³/mol. The number of nitrogens with one attached hydrogen (secondary N) is 1. The summed E-state index contributed by atoms with van der Waals surface area (Å²) in [7, 11) is -3.80. The number of halogens is 2. The molecular formula is C19H20F2N2O4S. The Bertz CT molecular complexity index is 905. The summed E-state index contributed by atoms with van der Waals surface area (Å²) in [6.45, 7) is -2.67. The maximum Gasteiger partial charge on any atom is 0.387 e. The van der Waals surface area contributed by atoms with E-state index in [1.165, 1.54) is 40.7 Å². The average molecular weight is 410 g/mol. The van der Waals surface area contributed by atoms with Crippen molar-refractivity contribution in [2.24, 2.45) is 0 Å². The molecule has 1 atom stereocenters. The Morgan fingerprint density at radius 3 is 2.39 bits per heavy atom. The van der Waals surface area contributed by atoms with E-state index in [-0.39, 0.29) is 17.2 Å². The minimum absolute atomic E-state index is 0.0288. The van der Waals surface area contributed by atoms with Crippen molar-refractivity contribution in [1.29, 1.82) is 0 Å². The molecule has 2 aromatic rings. The summed E-state index contributed by atoms with van der Waals surface area (Å²) in [5, 5.41) is 2.66. The van der Waals surface area contributed by atoms with Crippen LogP contribution in [-0.2, 0) is 14.8 Å². The van der Waals surface area contributed by atoms with Crippen LogP contribution in [0.2, 0.25) is 0 Å². The molecule has 0 radical (unpaired) electrons. The van der Waals surface area contributed by atoms with E-state index in [1.807, 2.05) is 0 Å². The van der Waals surface area contributed by atoms with Gasteiger partial charge in [-0.05, 0) is 49.2 Å². The Kier molecular flexibility index (Phi) is 6.25.